The number of nitrogens with zero attached hydrogens (tertiary/aromatic N) is 2. The summed E-state index contributed by atoms with van der Waals surface area (Å²) in [6.45, 7) is 6.46. The van der Waals surface area contributed by atoms with Crippen molar-refractivity contribution in [3.63, 3.8) is 0 Å². The van der Waals surface area contributed by atoms with Crippen LogP contribution in [0.2, 0.25) is 0 Å². The third-order valence-corrected chi connectivity index (χ3v) is 3.53. The van der Waals surface area contributed by atoms with Crippen LogP contribution < -0.4 is 5.32 Å². The van der Waals surface area contributed by atoms with Gasteiger partial charge in [0, 0.05) is 11.9 Å². The molecule has 0 aliphatic rings. The summed E-state index contributed by atoms with van der Waals surface area (Å²) >= 11 is 1.38. The summed E-state index contributed by atoms with van der Waals surface area (Å²) in [6, 6.07) is 1.89. The fraction of sp³-hybridized carbons (Fsp3) is 0.364. The number of rotatable bonds is 2. The third kappa shape index (κ3) is 1.78. The Labute approximate surface area is 97.7 Å². The first kappa shape index (κ1) is 11.0. The lowest BCUT2D eigenvalue weighted by molar-refractivity contribution is 0.0960. The zero-order chi connectivity index (χ0) is 11.7. The first-order valence-corrected chi connectivity index (χ1v) is 5.96. The van der Waals surface area contributed by atoms with Crippen LogP contribution in [0.4, 0.5) is 0 Å². The Morgan fingerprint density at radius 2 is 2.19 bits per heavy atom. The Bertz CT molecular complexity index is 547. The van der Waals surface area contributed by atoms with E-state index in [1.165, 1.54) is 11.3 Å². The highest BCUT2D eigenvalue weighted by Crippen LogP contribution is 2.26. The van der Waals surface area contributed by atoms with Crippen molar-refractivity contribution in [1.29, 1.82) is 0 Å². The van der Waals surface area contributed by atoms with Crippen LogP contribution in [0.1, 0.15) is 27.9 Å². The maximum atomic E-state index is 11.7. The van der Waals surface area contributed by atoms with Gasteiger partial charge < -0.3 is 5.32 Å². The molecule has 0 aliphatic heterocycles. The molecule has 0 unspecified atom stereocenters. The number of carbonyl (C=O) groups excluding carboxylic acids is 1. The second-order valence-corrected chi connectivity index (χ2v) is 4.63. The fourth-order valence-electron chi connectivity index (χ4n) is 1.47. The second-order valence-electron chi connectivity index (χ2n) is 3.60. The van der Waals surface area contributed by atoms with E-state index in [1.54, 1.807) is 0 Å². The minimum absolute atomic E-state index is 0.0393. The highest BCUT2D eigenvalue weighted by Gasteiger charge is 2.12. The maximum Gasteiger partial charge on any atom is 0.261 e. The fourth-order valence-corrected chi connectivity index (χ4v) is 2.43. The van der Waals surface area contributed by atoms with Gasteiger partial charge in [0.1, 0.15) is 4.83 Å². The lowest BCUT2D eigenvalue weighted by Crippen LogP contribution is -2.21. The molecule has 1 N–H and O–H groups in total. The molecule has 2 heterocycles. The summed E-state index contributed by atoms with van der Waals surface area (Å²) in [5.74, 6) is -0.0393. The largest absolute Gasteiger partial charge is 0.352 e. The molecule has 2 aromatic rings. The van der Waals surface area contributed by atoms with E-state index in [0.29, 0.717) is 11.4 Å². The molecule has 0 radical (unpaired) electrons. The zero-order valence-corrected chi connectivity index (χ0v) is 10.3. The van der Waals surface area contributed by atoms with E-state index in [-0.39, 0.29) is 5.91 Å². The first-order chi connectivity index (χ1) is 7.63. The molecule has 4 nitrogen and oxygen atoms in total. The molecule has 0 aliphatic carbocycles. The molecule has 0 fully saturated rings. The van der Waals surface area contributed by atoms with Crippen molar-refractivity contribution >= 4 is 27.5 Å². The van der Waals surface area contributed by atoms with E-state index in [2.05, 4.69) is 15.5 Å². The SMILES string of the molecule is CCNC(=O)c1cc2c(C)c(C)nnc2s1. The zero-order valence-electron chi connectivity index (χ0n) is 9.50. The molecule has 0 bridgehead atoms. The first-order valence-electron chi connectivity index (χ1n) is 5.15. The van der Waals surface area contributed by atoms with Gasteiger partial charge in [-0.25, -0.2) is 0 Å². The van der Waals surface area contributed by atoms with Gasteiger partial charge in [-0.3, -0.25) is 4.79 Å². The second kappa shape index (κ2) is 4.17. The van der Waals surface area contributed by atoms with Gasteiger partial charge in [-0.1, -0.05) is 0 Å². The molecule has 0 saturated heterocycles. The average Bonchev–Trinajstić information content (AvgIpc) is 2.69. The van der Waals surface area contributed by atoms with Gasteiger partial charge >= 0.3 is 0 Å². The normalized spacial score (nSPS) is 10.7. The lowest BCUT2D eigenvalue weighted by atomic mass is 10.2. The predicted molar refractivity (Wildman–Crippen MR) is 64.9 cm³/mol. The molecule has 84 valence electrons. The number of aromatic nitrogens is 2. The molecule has 2 rings (SSSR count). The van der Waals surface area contributed by atoms with Crippen LogP contribution >= 0.6 is 11.3 Å². The Balaban J connectivity index is 2.52. The van der Waals surface area contributed by atoms with Gasteiger partial charge in [0.15, 0.2) is 0 Å². The monoisotopic (exact) mass is 235 g/mol. The Morgan fingerprint density at radius 1 is 1.44 bits per heavy atom. The van der Waals surface area contributed by atoms with E-state index in [4.69, 9.17) is 0 Å². The number of hydrogen-bond donors (Lipinski definition) is 1. The Kier molecular flexibility index (Phi) is 2.87. The number of aryl methyl sites for hydroxylation is 2. The maximum absolute atomic E-state index is 11.7. The van der Waals surface area contributed by atoms with E-state index >= 15 is 0 Å². The summed E-state index contributed by atoms with van der Waals surface area (Å²) in [4.78, 5) is 13.2. The summed E-state index contributed by atoms with van der Waals surface area (Å²) in [5.41, 5.74) is 2.00. The molecular weight excluding hydrogens is 222 g/mol. The number of thiophene rings is 1. The highest BCUT2D eigenvalue weighted by atomic mass is 32.1. The number of hydrogen-bond acceptors (Lipinski definition) is 4. The topological polar surface area (TPSA) is 54.9 Å². The van der Waals surface area contributed by atoms with Crippen LogP contribution in [-0.4, -0.2) is 22.6 Å². The van der Waals surface area contributed by atoms with E-state index in [9.17, 15) is 4.79 Å². The van der Waals surface area contributed by atoms with Crippen LogP contribution in [0.5, 0.6) is 0 Å². The molecule has 5 heteroatoms. The van der Waals surface area contributed by atoms with E-state index in [1.807, 2.05) is 26.8 Å². The van der Waals surface area contributed by atoms with Crippen molar-refractivity contribution in [2.24, 2.45) is 0 Å². The summed E-state index contributed by atoms with van der Waals surface area (Å²) < 4.78 is 0. The summed E-state index contributed by atoms with van der Waals surface area (Å²) in [6.07, 6.45) is 0. The van der Waals surface area contributed by atoms with Gasteiger partial charge in [0.05, 0.1) is 10.6 Å². The van der Waals surface area contributed by atoms with Crippen LogP contribution in [0.15, 0.2) is 6.07 Å². The number of fused-ring (bicyclic) bond motifs is 1. The van der Waals surface area contributed by atoms with Gasteiger partial charge in [0.2, 0.25) is 0 Å². The van der Waals surface area contributed by atoms with Gasteiger partial charge in [-0.05, 0) is 32.4 Å². The quantitative estimate of drug-likeness (QED) is 0.866. The average molecular weight is 235 g/mol. The van der Waals surface area contributed by atoms with Crippen molar-refractivity contribution in [3.05, 3.63) is 22.2 Å². The third-order valence-electron chi connectivity index (χ3n) is 2.51. The van der Waals surface area contributed by atoms with E-state index in [0.717, 1.165) is 21.5 Å². The van der Waals surface area contributed by atoms with Crippen LogP contribution in [0, 0.1) is 13.8 Å². The van der Waals surface area contributed by atoms with Crippen molar-refractivity contribution in [1.82, 2.24) is 15.5 Å². The molecule has 2 aromatic heterocycles. The molecule has 0 saturated carbocycles. The molecule has 0 atom stereocenters. The summed E-state index contributed by atoms with van der Waals surface area (Å²) in [5, 5.41) is 12.0. The Morgan fingerprint density at radius 3 is 2.88 bits per heavy atom. The Hall–Kier alpha value is -1.49. The number of nitrogens with one attached hydrogen (secondary N) is 1. The minimum Gasteiger partial charge on any atom is -0.352 e. The van der Waals surface area contributed by atoms with E-state index < -0.39 is 0 Å². The van der Waals surface area contributed by atoms with Gasteiger partial charge in [-0.2, -0.15) is 5.10 Å². The van der Waals surface area contributed by atoms with Crippen LogP contribution in [-0.2, 0) is 0 Å². The van der Waals surface area contributed by atoms with Crippen LogP contribution in [0.25, 0.3) is 10.2 Å². The smallest absolute Gasteiger partial charge is 0.261 e. The number of carbonyl (C=O) groups is 1. The van der Waals surface area contributed by atoms with Crippen molar-refractivity contribution < 1.29 is 4.79 Å². The lowest BCUT2D eigenvalue weighted by Gasteiger charge is -1.97. The molecule has 0 spiro atoms. The van der Waals surface area contributed by atoms with Crippen LogP contribution in [0.3, 0.4) is 0 Å². The van der Waals surface area contributed by atoms with Crippen molar-refractivity contribution in [2.75, 3.05) is 6.54 Å². The molecular formula is C11H13N3OS. The van der Waals surface area contributed by atoms with Crippen molar-refractivity contribution in [2.45, 2.75) is 20.8 Å². The predicted octanol–water partition coefficient (Wildman–Crippen LogP) is 2.06. The molecule has 16 heavy (non-hydrogen) atoms. The van der Waals surface area contributed by atoms with Gasteiger partial charge in [0.25, 0.3) is 5.91 Å². The molecule has 1 amide bonds. The van der Waals surface area contributed by atoms with Gasteiger partial charge in [-0.15, -0.1) is 16.4 Å². The standard InChI is InChI=1S/C11H13N3OS/c1-4-12-10(15)9-5-8-6(2)7(3)13-14-11(8)16-9/h5H,4H2,1-3H3,(H,12,15). The summed E-state index contributed by atoms with van der Waals surface area (Å²) in [7, 11) is 0. The molecule has 0 aromatic carbocycles. The number of amides is 1. The highest BCUT2D eigenvalue weighted by molar-refractivity contribution is 7.20. The van der Waals surface area contributed by atoms with Crippen molar-refractivity contribution in [3.8, 4) is 0 Å². The minimum atomic E-state index is -0.0393.